The van der Waals surface area contributed by atoms with Gasteiger partial charge in [-0.3, -0.25) is 9.59 Å². The van der Waals surface area contributed by atoms with Gasteiger partial charge in [-0.25, -0.2) is 0 Å². The minimum Gasteiger partial charge on any atom is -0.466 e. The lowest BCUT2D eigenvalue weighted by atomic mass is 10.0. The lowest BCUT2D eigenvalue weighted by molar-refractivity contribution is -0.143. The van der Waals surface area contributed by atoms with Crippen LogP contribution in [0.2, 0.25) is 0 Å². The maximum Gasteiger partial charge on any atom is 0.305 e. The monoisotopic (exact) mass is 1190 g/mol. The fourth-order valence-corrected chi connectivity index (χ4v) is 12.3. The summed E-state index contributed by atoms with van der Waals surface area (Å²) < 4.78 is 5.50. The molecule has 0 radical (unpaired) electrons. The SMILES string of the molecule is CCCCC/C=C\C/C=C\CCCCCCCCCC(=O)OCCCCCCCCCCCCCCCCCCCCCCCCCCCCCCC(=O)NC(CO)C(O)/C=C/CCCCCCCCCCCCCCCCCCCCCCC. The zero-order valence-corrected chi connectivity index (χ0v) is 57.6. The summed E-state index contributed by atoms with van der Waals surface area (Å²) in [5, 5.41) is 23.3. The number of rotatable bonds is 73. The van der Waals surface area contributed by atoms with Crippen LogP contribution in [0.15, 0.2) is 36.5 Å². The van der Waals surface area contributed by atoms with E-state index in [0.717, 1.165) is 51.4 Å². The third-order valence-corrected chi connectivity index (χ3v) is 18.2. The summed E-state index contributed by atoms with van der Waals surface area (Å²) in [6.07, 6.45) is 96.8. The first-order valence-electron chi connectivity index (χ1n) is 38.8. The maximum atomic E-state index is 12.5. The molecule has 0 saturated carbocycles. The molecular formula is C79H151NO5. The van der Waals surface area contributed by atoms with Crippen molar-refractivity contribution in [1.29, 1.82) is 0 Å². The Bertz CT molecular complexity index is 1380. The molecule has 85 heavy (non-hydrogen) atoms. The molecule has 0 spiro atoms. The number of esters is 1. The van der Waals surface area contributed by atoms with Gasteiger partial charge in [0.25, 0.3) is 0 Å². The number of amides is 1. The van der Waals surface area contributed by atoms with Crippen molar-refractivity contribution in [2.24, 2.45) is 0 Å². The summed E-state index contributed by atoms with van der Waals surface area (Å²) in [7, 11) is 0. The van der Waals surface area contributed by atoms with Crippen molar-refractivity contribution < 1.29 is 24.5 Å². The number of hydrogen-bond donors (Lipinski definition) is 3. The average molecular weight is 1200 g/mol. The highest BCUT2D eigenvalue weighted by Gasteiger charge is 2.18. The second-order valence-electron chi connectivity index (χ2n) is 26.7. The standard InChI is InChI=1S/C79H151NO5/c1-3-5-7-9-11-13-15-17-19-21-22-23-30-33-36-40-43-47-51-55-59-63-67-71-77(82)76(75-81)80-78(83)72-68-64-60-56-52-48-44-41-37-34-31-28-26-24-25-27-29-32-35-38-42-46-50-54-58-62-66-70-74-85-79(84)73-69-65-61-57-53-49-45-39-20-18-16-14-12-10-8-6-4-2/h12,14,18,20,67,71,76-77,81-82H,3-11,13,15-17,19,21-66,68-70,72-75H2,1-2H3,(H,80,83)/b14-12-,20-18-,71-67+. The first-order valence-corrected chi connectivity index (χ1v) is 38.8. The molecule has 0 aromatic carbocycles. The molecule has 3 N–H and O–H groups in total. The van der Waals surface area contributed by atoms with Gasteiger partial charge in [0.1, 0.15) is 0 Å². The zero-order valence-electron chi connectivity index (χ0n) is 57.6. The van der Waals surface area contributed by atoms with Crippen LogP contribution in [0.1, 0.15) is 431 Å². The van der Waals surface area contributed by atoms with Gasteiger partial charge in [-0.05, 0) is 64.2 Å². The normalized spacial score (nSPS) is 12.7. The Morgan fingerprint density at radius 3 is 0.918 bits per heavy atom. The van der Waals surface area contributed by atoms with E-state index in [1.807, 2.05) is 6.08 Å². The molecule has 502 valence electrons. The van der Waals surface area contributed by atoms with E-state index in [2.05, 4.69) is 43.5 Å². The molecule has 0 aromatic heterocycles. The predicted molar refractivity (Wildman–Crippen MR) is 375 cm³/mol. The number of allylic oxidation sites excluding steroid dienone is 5. The Labute approximate surface area is 532 Å². The quantitative estimate of drug-likeness (QED) is 0.0320. The molecule has 0 aliphatic carbocycles. The van der Waals surface area contributed by atoms with Crippen LogP contribution in [0.25, 0.3) is 0 Å². The van der Waals surface area contributed by atoms with Gasteiger partial charge in [0.2, 0.25) is 5.91 Å². The van der Waals surface area contributed by atoms with Crippen molar-refractivity contribution in [2.75, 3.05) is 13.2 Å². The first kappa shape index (κ1) is 83.1. The van der Waals surface area contributed by atoms with Crippen LogP contribution in [0, 0.1) is 0 Å². The Balaban J connectivity index is 3.37. The number of aliphatic hydroxyl groups excluding tert-OH is 2. The van der Waals surface area contributed by atoms with Gasteiger partial charge in [-0.15, -0.1) is 0 Å². The third-order valence-electron chi connectivity index (χ3n) is 18.2. The van der Waals surface area contributed by atoms with E-state index in [4.69, 9.17) is 4.74 Å². The molecule has 0 rings (SSSR count). The molecule has 1 amide bonds. The molecule has 0 saturated heterocycles. The molecule has 0 fully saturated rings. The fourth-order valence-electron chi connectivity index (χ4n) is 12.3. The Kier molecular flexibility index (Phi) is 72.9. The number of ether oxygens (including phenoxy) is 1. The van der Waals surface area contributed by atoms with Crippen LogP contribution in [0.4, 0.5) is 0 Å². The van der Waals surface area contributed by atoms with E-state index < -0.39 is 12.1 Å². The largest absolute Gasteiger partial charge is 0.466 e. The number of aliphatic hydroxyl groups is 2. The fraction of sp³-hybridized carbons (Fsp3) is 0.899. The summed E-state index contributed by atoms with van der Waals surface area (Å²) >= 11 is 0. The van der Waals surface area contributed by atoms with Gasteiger partial charge in [-0.2, -0.15) is 0 Å². The Morgan fingerprint density at radius 2 is 0.588 bits per heavy atom. The number of carbonyl (C=O) groups excluding carboxylic acids is 2. The molecule has 6 nitrogen and oxygen atoms in total. The van der Waals surface area contributed by atoms with Gasteiger partial charge >= 0.3 is 5.97 Å². The van der Waals surface area contributed by atoms with Crippen LogP contribution >= 0.6 is 0 Å². The Hall–Kier alpha value is -1.92. The number of nitrogens with one attached hydrogen (secondary N) is 1. The van der Waals surface area contributed by atoms with E-state index >= 15 is 0 Å². The average Bonchev–Trinajstić information content (AvgIpc) is 3.51. The minimum atomic E-state index is -0.844. The highest BCUT2D eigenvalue weighted by atomic mass is 16.5. The van der Waals surface area contributed by atoms with E-state index in [-0.39, 0.29) is 18.5 Å². The van der Waals surface area contributed by atoms with Crippen LogP contribution < -0.4 is 5.32 Å². The van der Waals surface area contributed by atoms with Crippen molar-refractivity contribution in [3.63, 3.8) is 0 Å². The molecule has 0 bridgehead atoms. The van der Waals surface area contributed by atoms with Crippen molar-refractivity contribution >= 4 is 11.9 Å². The number of hydrogen-bond acceptors (Lipinski definition) is 5. The minimum absolute atomic E-state index is 0.0114. The van der Waals surface area contributed by atoms with Crippen molar-refractivity contribution in [3.8, 4) is 0 Å². The number of carbonyl (C=O) groups is 2. The van der Waals surface area contributed by atoms with Gasteiger partial charge in [0.05, 0.1) is 25.4 Å². The second kappa shape index (κ2) is 74.5. The molecule has 0 heterocycles. The molecule has 2 unspecified atom stereocenters. The van der Waals surface area contributed by atoms with Crippen LogP contribution in [0.3, 0.4) is 0 Å². The summed E-state index contributed by atoms with van der Waals surface area (Å²) in [4.78, 5) is 24.7. The van der Waals surface area contributed by atoms with Crippen LogP contribution in [-0.4, -0.2) is 47.4 Å². The highest BCUT2D eigenvalue weighted by molar-refractivity contribution is 5.76. The van der Waals surface area contributed by atoms with Crippen LogP contribution in [0.5, 0.6) is 0 Å². The highest BCUT2D eigenvalue weighted by Crippen LogP contribution is 2.20. The zero-order chi connectivity index (χ0) is 61.3. The van der Waals surface area contributed by atoms with Crippen molar-refractivity contribution in [2.45, 2.75) is 443 Å². The van der Waals surface area contributed by atoms with Gasteiger partial charge in [-0.1, -0.05) is 391 Å². The van der Waals surface area contributed by atoms with Gasteiger partial charge in [0, 0.05) is 12.8 Å². The van der Waals surface area contributed by atoms with E-state index in [1.54, 1.807) is 6.08 Å². The Morgan fingerprint density at radius 1 is 0.329 bits per heavy atom. The molecular weight excluding hydrogens is 1040 g/mol. The van der Waals surface area contributed by atoms with E-state index in [0.29, 0.717) is 19.4 Å². The summed E-state index contributed by atoms with van der Waals surface area (Å²) in [5.74, 6) is -0.0488. The lowest BCUT2D eigenvalue weighted by Crippen LogP contribution is -2.45. The second-order valence-corrected chi connectivity index (χ2v) is 26.7. The van der Waals surface area contributed by atoms with Crippen molar-refractivity contribution in [1.82, 2.24) is 5.32 Å². The van der Waals surface area contributed by atoms with E-state index in [9.17, 15) is 19.8 Å². The smallest absolute Gasteiger partial charge is 0.305 e. The summed E-state index contributed by atoms with van der Waals surface area (Å²) in [5.41, 5.74) is 0. The topological polar surface area (TPSA) is 95.9 Å². The summed E-state index contributed by atoms with van der Waals surface area (Å²) in [6, 6.07) is -0.627. The van der Waals surface area contributed by atoms with Gasteiger partial charge in [0.15, 0.2) is 0 Å². The first-order chi connectivity index (χ1) is 42.0. The van der Waals surface area contributed by atoms with Crippen LogP contribution in [-0.2, 0) is 14.3 Å². The predicted octanol–water partition coefficient (Wildman–Crippen LogP) is 25.4. The lowest BCUT2D eigenvalue weighted by Gasteiger charge is -2.20. The number of unbranched alkanes of at least 4 members (excludes halogenated alkanes) is 58. The summed E-state index contributed by atoms with van der Waals surface area (Å²) in [6.45, 7) is 4.92. The van der Waals surface area contributed by atoms with Gasteiger partial charge < -0.3 is 20.3 Å². The molecule has 0 aliphatic rings. The third kappa shape index (κ3) is 71.0. The maximum absolute atomic E-state index is 12.5. The molecule has 0 aliphatic heterocycles. The molecule has 0 aromatic rings. The molecule has 2 atom stereocenters. The van der Waals surface area contributed by atoms with Crippen molar-refractivity contribution in [3.05, 3.63) is 36.5 Å². The van der Waals surface area contributed by atoms with E-state index in [1.165, 1.54) is 353 Å². The molecule has 6 heteroatoms.